The number of hydrogen-bond donors (Lipinski definition) is 2. The van der Waals surface area contributed by atoms with Crippen LogP contribution in [-0.4, -0.2) is 30.1 Å². The summed E-state index contributed by atoms with van der Waals surface area (Å²) >= 11 is 1.61. The Balaban J connectivity index is 1.75. The zero-order valence-electron chi connectivity index (χ0n) is 20.4. The summed E-state index contributed by atoms with van der Waals surface area (Å²) in [5.41, 5.74) is 0. The van der Waals surface area contributed by atoms with Gasteiger partial charge < -0.3 is 15.2 Å². The van der Waals surface area contributed by atoms with Crippen molar-refractivity contribution in [3.63, 3.8) is 0 Å². The van der Waals surface area contributed by atoms with E-state index in [1.807, 2.05) is 12.1 Å². The fraction of sp³-hybridized carbons (Fsp3) is 0.741. The van der Waals surface area contributed by atoms with Crippen molar-refractivity contribution in [2.75, 3.05) is 18.9 Å². The van der Waals surface area contributed by atoms with Crippen molar-refractivity contribution in [2.24, 2.45) is 0 Å². The summed E-state index contributed by atoms with van der Waals surface area (Å²) < 4.78 is 5.20. The van der Waals surface area contributed by atoms with Gasteiger partial charge in [-0.2, -0.15) is 0 Å². The van der Waals surface area contributed by atoms with Gasteiger partial charge in [0, 0.05) is 17.2 Å². The molecule has 32 heavy (non-hydrogen) atoms. The van der Waals surface area contributed by atoms with Gasteiger partial charge in [0.2, 0.25) is 0 Å². The SMILES string of the molecule is CCCCCCCCCCCCCCCCCCNC(=O)OCCSc1ccc(O)cc1. The number of alkyl carbamates (subject to hydrolysis) is 1. The van der Waals surface area contributed by atoms with Crippen molar-refractivity contribution in [3.8, 4) is 5.75 Å². The molecular weight excluding hydrogens is 418 g/mol. The molecule has 0 bridgehead atoms. The largest absolute Gasteiger partial charge is 0.508 e. The summed E-state index contributed by atoms with van der Waals surface area (Å²) in [5.74, 6) is 0.969. The summed E-state index contributed by atoms with van der Waals surface area (Å²) in [6.07, 6.45) is 21.3. The number of benzene rings is 1. The van der Waals surface area contributed by atoms with E-state index < -0.39 is 0 Å². The van der Waals surface area contributed by atoms with E-state index in [4.69, 9.17) is 4.74 Å². The molecule has 1 amide bonds. The van der Waals surface area contributed by atoms with Crippen LogP contribution >= 0.6 is 11.8 Å². The number of unbranched alkanes of at least 4 members (excludes halogenated alkanes) is 15. The highest BCUT2D eigenvalue weighted by molar-refractivity contribution is 7.99. The first-order valence-electron chi connectivity index (χ1n) is 13.0. The Morgan fingerprint density at radius 3 is 1.75 bits per heavy atom. The predicted molar refractivity (Wildman–Crippen MR) is 138 cm³/mol. The van der Waals surface area contributed by atoms with Crippen LogP contribution in [0, 0.1) is 0 Å². The third kappa shape index (κ3) is 18.2. The van der Waals surface area contributed by atoms with Crippen LogP contribution in [0.25, 0.3) is 0 Å². The highest BCUT2D eigenvalue weighted by atomic mass is 32.2. The molecule has 0 fully saturated rings. The number of rotatable bonds is 21. The average molecular weight is 466 g/mol. The summed E-state index contributed by atoms with van der Waals surface area (Å²) in [6, 6.07) is 7.04. The minimum absolute atomic E-state index is 0.263. The van der Waals surface area contributed by atoms with Crippen LogP contribution < -0.4 is 5.32 Å². The topological polar surface area (TPSA) is 58.6 Å². The highest BCUT2D eigenvalue weighted by Crippen LogP contribution is 2.20. The van der Waals surface area contributed by atoms with Gasteiger partial charge in [-0.3, -0.25) is 0 Å². The number of carbonyl (C=O) groups excluding carboxylic acids is 1. The van der Waals surface area contributed by atoms with E-state index in [0.29, 0.717) is 18.9 Å². The third-order valence-electron chi connectivity index (χ3n) is 5.72. The lowest BCUT2D eigenvalue weighted by Crippen LogP contribution is -2.26. The van der Waals surface area contributed by atoms with E-state index in [1.165, 1.54) is 96.3 Å². The summed E-state index contributed by atoms with van der Waals surface area (Å²) in [5, 5.41) is 12.1. The number of ether oxygens (including phenoxy) is 1. The van der Waals surface area contributed by atoms with Crippen molar-refractivity contribution in [2.45, 2.75) is 115 Å². The molecule has 1 rings (SSSR count). The molecule has 184 valence electrons. The second-order valence-corrected chi connectivity index (χ2v) is 9.88. The van der Waals surface area contributed by atoms with Crippen LogP contribution in [0.1, 0.15) is 110 Å². The lowest BCUT2D eigenvalue weighted by Gasteiger charge is -2.07. The van der Waals surface area contributed by atoms with Crippen molar-refractivity contribution < 1.29 is 14.6 Å². The van der Waals surface area contributed by atoms with Gasteiger partial charge in [-0.05, 0) is 30.7 Å². The fourth-order valence-electron chi connectivity index (χ4n) is 3.75. The molecule has 4 nitrogen and oxygen atoms in total. The molecule has 0 aliphatic heterocycles. The molecule has 0 atom stereocenters. The molecule has 0 heterocycles. The Morgan fingerprint density at radius 1 is 0.781 bits per heavy atom. The van der Waals surface area contributed by atoms with Crippen molar-refractivity contribution in [1.29, 1.82) is 0 Å². The summed E-state index contributed by atoms with van der Waals surface area (Å²) in [4.78, 5) is 12.7. The Kier molecular flexibility index (Phi) is 19.2. The molecule has 0 spiro atoms. The Labute approximate surface area is 201 Å². The van der Waals surface area contributed by atoms with Gasteiger partial charge in [-0.1, -0.05) is 103 Å². The Hall–Kier alpha value is -1.36. The Morgan fingerprint density at radius 2 is 1.25 bits per heavy atom. The van der Waals surface area contributed by atoms with Gasteiger partial charge in [0.25, 0.3) is 0 Å². The van der Waals surface area contributed by atoms with Crippen molar-refractivity contribution >= 4 is 17.9 Å². The third-order valence-corrected chi connectivity index (χ3v) is 6.70. The molecule has 0 radical (unpaired) electrons. The summed E-state index contributed by atoms with van der Waals surface area (Å²) in [6.45, 7) is 3.36. The standard InChI is InChI=1S/C27H47NO3S/c1-2-3-4-5-6-7-8-9-10-11-12-13-14-15-16-17-22-28-27(30)31-23-24-32-26-20-18-25(29)19-21-26/h18-21,29H,2-17,22-24H2,1H3,(H,28,30). The molecule has 1 aromatic carbocycles. The molecule has 0 unspecified atom stereocenters. The molecule has 0 aliphatic rings. The molecule has 0 saturated heterocycles. The number of phenols is 1. The lowest BCUT2D eigenvalue weighted by atomic mass is 10.0. The average Bonchev–Trinajstić information content (AvgIpc) is 2.80. The quantitative estimate of drug-likeness (QED) is 0.141. The minimum atomic E-state index is -0.322. The zero-order chi connectivity index (χ0) is 23.1. The van der Waals surface area contributed by atoms with Crippen LogP contribution in [0.5, 0.6) is 5.75 Å². The highest BCUT2D eigenvalue weighted by Gasteiger charge is 2.02. The molecule has 5 heteroatoms. The lowest BCUT2D eigenvalue weighted by molar-refractivity contribution is 0.153. The van der Waals surface area contributed by atoms with Crippen LogP contribution in [0.2, 0.25) is 0 Å². The monoisotopic (exact) mass is 465 g/mol. The normalized spacial score (nSPS) is 10.9. The van der Waals surface area contributed by atoms with Gasteiger partial charge >= 0.3 is 6.09 Å². The molecule has 1 aromatic rings. The van der Waals surface area contributed by atoms with Gasteiger partial charge in [-0.15, -0.1) is 11.8 Å². The maximum absolute atomic E-state index is 11.7. The number of thioether (sulfide) groups is 1. The minimum Gasteiger partial charge on any atom is -0.508 e. The zero-order valence-corrected chi connectivity index (χ0v) is 21.2. The number of aromatic hydroxyl groups is 1. The van der Waals surface area contributed by atoms with E-state index in [1.54, 1.807) is 23.9 Å². The van der Waals surface area contributed by atoms with E-state index >= 15 is 0 Å². The predicted octanol–water partition coefficient (Wildman–Crippen LogP) is 8.47. The number of carbonyl (C=O) groups is 1. The molecule has 0 aromatic heterocycles. The smallest absolute Gasteiger partial charge is 0.407 e. The number of phenolic OH excluding ortho intramolecular Hbond substituents is 1. The van der Waals surface area contributed by atoms with Crippen LogP contribution in [0.3, 0.4) is 0 Å². The van der Waals surface area contributed by atoms with Crippen molar-refractivity contribution in [3.05, 3.63) is 24.3 Å². The molecule has 0 aliphatic carbocycles. The Bertz CT molecular complexity index is 550. The van der Waals surface area contributed by atoms with E-state index in [2.05, 4.69) is 12.2 Å². The van der Waals surface area contributed by atoms with Gasteiger partial charge in [0.05, 0.1) is 0 Å². The van der Waals surface area contributed by atoms with Crippen LogP contribution in [-0.2, 0) is 4.74 Å². The van der Waals surface area contributed by atoms with Crippen molar-refractivity contribution in [1.82, 2.24) is 5.32 Å². The molecule has 2 N–H and O–H groups in total. The van der Waals surface area contributed by atoms with Crippen LogP contribution in [0.4, 0.5) is 4.79 Å². The first-order valence-corrected chi connectivity index (χ1v) is 14.0. The number of nitrogens with one attached hydrogen (secondary N) is 1. The first kappa shape index (κ1) is 28.7. The van der Waals surface area contributed by atoms with E-state index in [9.17, 15) is 9.90 Å². The number of hydrogen-bond acceptors (Lipinski definition) is 4. The molecule has 0 saturated carbocycles. The second-order valence-electron chi connectivity index (χ2n) is 8.71. The van der Waals surface area contributed by atoms with E-state index in [0.717, 1.165) is 11.3 Å². The van der Waals surface area contributed by atoms with Gasteiger partial charge in [0.1, 0.15) is 12.4 Å². The fourth-order valence-corrected chi connectivity index (χ4v) is 4.48. The maximum atomic E-state index is 11.7. The second kappa shape index (κ2) is 21.5. The van der Waals surface area contributed by atoms with E-state index in [-0.39, 0.29) is 11.8 Å². The van der Waals surface area contributed by atoms with Crippen LogP contribution in [0.15, 0.2) is 29.2 Å². The first-order chi connectivity index (χ1) is 15.7. The maximum Gasteiger partial charge on any atom is 0.407 e. The van der Waals surface area contributed by atoms with Gasteiger partial charge in [0.15, 0.2) is 0 Å². The molecular formula is C27H47NO3S. The summed E-state index contributed by atoms with van der Waals surface area (Å²) in [7, 11) is 0. The number of amides is 1. The van der Waals surface area contributed by atoms with Gasteiger partial charge in [-0.25, -0.2) is 4.79 Å².